The first-order valence-corrected chi connectivity index (χ1v) is 6.97. The number of hydrogen-bond donors (Lipinski definition) is 2. The molecule has 7 nitrogen and oxygen atoms in total. The monoisotopic (exact) mass is 297 g/mol. The molecule has 0 saturated carbocycles. The first-order valence-electron chi connectivity index (χ1n) is 5.53. The lowest BCUT2D eigenvalue weighted by molar-refractivity contribution is -0.233. The molecule has 0 radical (unpaired) electrons. The van der Waals surface area contributed by atoms with E-state index < -0.39 is 34.5 Å². The Balaban J connectivity index is 3.27. The summed E-state index contributed by atoms with van der Waals surface area (Å²) in [4.78, 5) is -0.303. The number of nitrogens with zero attached hydrogens (tertiary/aromatic N) is 2. The number of rotatable bonds is 5. The lowest BCUT2D eigenvalue weighted by Crippen LogP contribution is -2.43. The van der Waals surface area contributed by atoms with Crippen molar-refractivity contribution in [2.45, 2.75) is 11.8 Å². The van der Waals surface area contributed by atoms with Gasteiger partial charge in [0.1, 0.15) is 0 Å². The number of benzene rings is 1. The fourth-order valence-electron chi connectivity index (χ4n) is 1.18. The summed E-state index contributed by atoms with van der Waals surface area (Å²) in [6.45, 7) is -0.279. The molecule has 1 aromatic carbocycles. The van der Waals surface area contributed by atoms with E-state index in [0.29, 0.717) is 0 Å². The summed E-state index contributed by atoms with van der Waals surface area (Å²) in [6.07, 6.45) is 0. The predicted molar refractivity (Wildman–Crippen MR) is 68.1 cm³/mol. The van der Waals surface area contributed by atoms with Crippen LogP contribution in [0.2, 0.25) is 0 Å². The van der Waals surface area contributed by atoms with E-state index in [4.69, 9.17) is 15.5 Å². The van der Waals surface area contributed by atoms with Crippen molar-refractivity contribution in [3.8, 4) is 6.07 Å². The van der Waals surface area contributed by atoms with Crippen LogP contribution < -0.4 is 5.11 Å². The molecule has 0 aromatic heterocycles. The van der Waals surface area contributed by atoms with Crippen LogP contribution >= 0.6 is 0 Å². The molecule has 0 atom stereocenters. The number of nitriles is 1. The van der Waals surface area contributed by atoms with E-state index >= 15 is 0 Å². The maximum Gasteiger partial charge on any atom is 0.281 e. The first kappa shape index (κ1) is 16.1. The van der Waals surface area contributed by atoms with E-state index in [0.717, 1.165) is 6.07 Å². The van der Waals surface area contributed by atoms with Crippen LogP contribution in [-0.2, 0) is 10.0 Å². The minimum absolute atomic E-state index is 0.112. The van der Waals surface area contributed by atoms with Gasteiger partial charge in [-0.25, -0.2) is 0 Å². The molecule has 1 aromatic rings. The van der Waals surface area contributed by atoms with E-state index in [2.05, 4.69) is 4.40 Å². The van der Waals surface area contributed by atoms with Crippen LogP contribution in [0.1, 0.15) is 12.5 Å². The second kappa shape index (κ2) is 6.00. The van der Waals surface area contributed by atoms with Gasteiger partial charge >= 0.3 is 0 Å². The molecule has 0 fully saturated rings. The van der Waals surface area contributed by atoms with Gasteiger partial charge < -0.3 is 15.3 Å². The quantitative estimate of drug-likeness (QED) is 0.528. The van der Waals surface area contributed by atoms with Gasteiger partial charge in [-0.3, -0.25) is 0 Å². The lowest BCUT2D eigenvalue weighted by atomic mass is 9.93. The largest absolute Gasteiger partial charge is 0.861 e. The summed E-state index contributed by atoms with van der Waals surface area (Å²) >= 11 is 0. The molecule has 2 N–H and O–H groups in total. The third-order valence-electron chi connectivity index (χ3n) is 2.68. The van der Waals surface area contributed by atoms with Crippen LogP contribution in [0.25, 0.3) is 0 Å². The Kier molecular flexibility index (Phi) is 4.83. The van der Waals surface area contributed by atoms with E-state index in [1.807, 2.05) is 0 Å². The molecule has 8 heteroatoms. The van der Waals surface area contributed by atoms with Crippen molar-refractivity contribution in [3.05, 3.63) is 29.8 Å². The zero-order valence-corrected chi connectivity index (χ0v) is 11.5. The van der Waals surface area contributed by atoms with E-state index in [-0.39, 0.29) is 10.5 Å². The van der Waals surface area contributed by atoms with Crippen molar-refractivity contribution in [1.82, 2.24) is 0 Å². The fourth-order valence-corrected chi connectivity index (χ4v) is 2.25. The molecule has 0 spiro atoms. The summed E-state index contributed by atoms with van der Waals surface area (Å²) in [5, 5.41) is 38.5. The Morgan fingerprint density at radius 2 is 2.05 bits per heavy atom. The normalized spacial score (nSPS) is 13.0. The van der Waals surface area contributed by atoms with Gasteiger partial charge in [0, 0.05) is 5.41 Å². The van der Waals surface area contributed by atoms with Crippen molar-refractivity contribution in [2.75, 3.05) is 13.2 Å². The molecule has 20 heavy (non-hydrogen) atoms. The molecule has 0 heterocycles. The van der Waals surface area contributed by atoms with Crippen molar-refractivity contribution in [2.24, 2.45) is 9.81 Å². The summed E-state index contributed by atoms with van der Waals surface area (Å²) < 4.78 is 26.9. The van der Waals surface area contributed by atoms with Crippen molar-refractivity contribution >= 4 is 15.9 Å². The average molecular weight is 297 g/mol. The van der Waals surface area contributed by atoms with Crippen LogP contribution in [0, 0.1) is 16.7 Å². The molecule has 1 rings (SSSR count). The standard InChI is InChI=1S/C12H14N2O5S/c1-12(7-15,8-16)11(17)14-20(18,19)10-4-2-3-9(5-10)6-13/h2-5,15-16H,7-8H2,1H3,(H,14,17)/p-1. The van der Waals surface area contributed by atoms with Gasteiger partial charge in [-0.05, 0) is 24.1 Å². The second-order valence-corrected chi connectivity index (χ2v) is 5.99. The summed E-state index contributed by atoms with van der Waals surface area (Å²) in [5.74, 6) is -1.15. The van der Waals surface area contributed by atoms with Gasteiger partial charge in [0.15, 0.2) is 0 Å². The molecule has 0 aliphatic rings. The zero-order chi connectivity index (χ0) is 15.4. The molecule has 0 bridgehead atoms. The van der Waals surface area contributed by atoms with Gasteiger partial charge in [-0.1, -0.05) is 13.0 Å². The number of aliphatic hydroxyl groups is 2. The predicted octanol–water partition coefficient (Wildman–Crippen LogP) is -1.00. The third kappa shape index (κ3) is 3.33. The highest BCUT2D eigenvalue weighted by atomic mass is 32.2. The molecule has 0 amide bonds. The Labute approximate surface area is 116 Å². The second-order valence-electron chi connectivity index (χ2n) is 4.39. The van der Waals surface area contributed by atoms with Crippen LogP contribution in [-0.4, -0.2) is 37.7 Å². The zero-order valence-electron chi connectivity index (χ0n) is 10.6. The van der Waals surface area contributed by atoms with Gasteiger partial charge in [0.25, 0.3) is 10.0 Å². The SMILES string of the molecule is CC(CO)(CO)/C([O-])=N/S(=O)(=O)c1cccc(C#N)c1. The van der Waals surface area contributed by atoms with Crippen molar-refractivity contribution in [3.63, 3.8) is 0 Å². The minimum Gasteiger partial charge on any atom is -0.861 e. The van der Waals surface area contributed by atoms with Gasteiger partial charge in [0.05, 0.1) is 29.7 Å². The Morgan fingerprint density at radius 1 is 1.45 bits per heavy atom. The van der Waals surface area contributed by atoms with E-state index in [1.165, 1.54) is 25.1 Å². The highest BCUT2D eigenvalue weighted by Gasteiger charge is 2.25. The molecule has 0 aliphatic heterocycles. The van der Waals surface area contributed by atoms with Crippen LogP contribution in [0.4, 0.5) is 0 Å². The third-order valence-corrected chi connectivity index (χ3v) is 3.93. The Hall–Kier alpha value is -1.95. The van der Waals surface area contributed by atoms with Crippen LogP contribution in [0.5, 0.6) is 0 Å². The fraction of sp³-hybridized carbons (Fsp3) is 0.333. The topological polar surface area (TPSA) is 134 Å². The minimum atomic E-state index is -4.29. The average Bonchev–Trinajstić information content (AvgIpc) is 2.45. The molecule has 0 saturated heterocycles. The maximum atomic E-state index is 11.9. The smallest absolute Gasteiger partial charge is 0.281 e. The molecule has 0 aliphatic carbocycles. The van der Waals surface area contributed by atoms with E-state index in [1.54, 1.807) is 6.07 Å². The number of sulfonamides is 1. The van der Waals surface area contributed by atoms with Crippen LogP contribution in [0.15, 0.2) is 33.6 Å². The molecule has 0 unspecified atom stereocenters. The molecule has 108 valence electrons. The summed E-state index contributed by atoms with van der Waals surface area (Å²) in [7, 11) is -4.29. The summed E-state index contributed by atoms with van der Waals surface area (Å²) in [5.41, 5.74) is -1.55. The van der Waals surface area contributed by atoms with E-state index in [9.17, 15) is 13.5 Å². The Morgan fingerprint density at radius 3 is 2.55 bits per heavy atom. The van der Waals surface area contributed by atoms with Crippen molar-refractivity contribution < 1.29 is 23.7 Å². The van der Waals surface area contributed by atoms with Crippen molar-refractivity contribution in [1.29, 1.82) is 5.26 Å². The molecular formula is C12H13N2O5S-. The Bertz CT molecular complexity index is 657. The van der Waals surface area contributed by atoms with Crippen LogP contribution in [0.3, 0.4) is 0 Å². The lowest BCUT2D eigenvalue weighted by Gasteiger charge is -2.30. The first-order chi connectivity index (χ1) is 9.29. The van der Waals surface area contributed by atoms with Gasteiger partial charge in [-0.15, -0.1) is 0 Å². The summed E-state index contributed by atoms with van der Waals surface area (Å²) in [6, 6.07) is 6.81. The maximum absolute atomic E-state index is 11.9. The van der Waals surface area contributed by atoms with Gasteiger partial charge in [-0.2, -0.15) is 18.1 Å². The number of hydrogen-bond acceptors (Lipinski definition) is 6. The van der Waals surface area contributed by atoms with Gasteiger partial charge in [0.2, 0.25) is 0 Å². The molecular weight excluding hydrogens is 284 g/mol. The highest BCUT2D eigenvalue weighted by molar-refractivity contribution is 7.90. The highest BCUT2D eigenvalue weighted by Crippen LogP contribution is 2.19. The number of aliphatic hydroxyl groups excluding tert-OH is 2.